The van der Waals surface area contributed by atoms with Gasteiger partial charge in [-0.05, 0) is 42.2 Å². The fourth-order valence-electron chi connectivity index (χ4n) is 3.62. The molecule has 1 aliphatic rings. The van der Waals surface area contributed by atoms with Crippen LogP contribution in [0.3, 0.4) is 0 Å². The van der Waals surface area contributed by atoms with E-state index in [9.17, 15) is 13.6 Å². The molecule has 132 valence electrons. The monoisotopic (exact) mass is 336 g/mol. The summed E-state index contributed by atoms with van der Waals surface area (Å²) in [6, 6.07) is 0.926. The third-order valence-corrected chi connectivity index (χ3v) is 5.19. The van der Waals surface area contributed by atoms with E-state index in [0.29, 0.717) is 29.5 Å². The van der Waals surface area contributed by atoms with Gasteiger partial charge in [-0.25, -0.2) is 8.78 Å². The van der Waals surface area contributed by atoms with Gasteiger partial charge in [0, 0.05) is 11.6 Å². The van der Waals surface area contributed by atoms with Crippen molar-refractivity contribution in [2.75, 3.05) is 0 Å². The Morgan fingerprint density at radius 3 is 2.17 bits per heavy atom. The number of ether oxygens (including phenoxy) is 1. The third-order valence-electron chi connectivity index (χ3n) is 5.19. The predicted molar refractivity (Wildman–Crippen MR) is 90.5 cm³/mol. The maximum atomic E-state index is 14.0. The smallest absolute Gasteiger partial charge is 0.310 e. The highest BCUT2D eigenvalue weighted by Gasteiger charge is 2.61. The molecule has 0 spiro atoms. The van der Waals surface area contributed by atoms with Crippen molar-refractivity contribution in [2.45, 2.75) is 54.1 Å². The molecule has 0 amide bonds. The second-order valence-electron chi connectivity index (χ2n) is 6.94. The predicted octanol–water partition coefficient (Wildman–Crippen LogP) is 4.98. The van der Waals surface area contributed by atoms with Gasteiger partial charge in [-0.1, -0.05) is 39.8 Å². The Balaban J connectivity index is 2.19. The van der Waals surface area contributed by atoms with Gasteiger partial charge in [0.2, 0.25) is 0 Å². The van der Waals surface area contributed by atoms with E-state index in [-0.39, 0.29) is 29.8 Å². The molecule has 0 aliphatic heterocycles. The van der Waals surface area contributed by atoms with E-state index >= 15 is 0 Å². The van der Waals surface area contributed by atoms with Gasteiger partial charge in [0.1, 0.15) is 18.2 Å². The maximum Gasteiger partial charge on any atom is 0.310 e. The van der Waals surface area contributed by atoms with Crippen molar-refractivity contribution in [2.24, 2.45) is 17.3 Å². The number of allylic oxidation sites excluding steroid dienone is 2. The van der Waals surface area contributed by atoms with E-state index in [1.54, 1.807) is 0 Å². The zero-order valence-corrected chi connectivity index (χ0v) is 15.1. The minimum atomic E-state index is -0.572. The zero-order valence-electron chi connectivity index (χ0n) is 15.1. The second-order valence-corrected chi connectivity index (χ2v) is 6.94. The highest BCUT2D eigenvalue weighted by molar-refractivity contribution is 5.78. The number of carbonyl (C=O) groups excluding carboxylic acids is 1. The molecule has 4 heteroatoms. The second kappa shape index (κ2) is 7.04. The Bertz CT molecular complexity index is 634. The fourth-order valence-corrected chi connectivity index (χ4v) is 3.62. The molecule has 2 atom stereocenters. The summed E-state index contributed by atoms with van der Waals surface area (Å²) in [4.78, 5) is 12.4. The van der Waals surface area contributed by atoms with E-state index in [2.05, 4.69) is 0 Å². The van der Waals surface area contributed by atoms with Crippen molar-refractivity contribution in [3.05, 3.63) is 46.5 Å². The zero-order chi connectivity index (χ0) is 18.1. The SMILES string of the molecule is CC=C[C@@H]1[C@@H](C(=O)OCc2c(CC)c(F)cc(F)c2CC)C1(C)C. The Morgan fingerprint density at radius 1 is 1.17 bits per heavy atom. The number of hydrogen-bond acceptors (Lipinski definition) is 2. The van der Waals surface area contributed by atoms with Crippen molar-refractivity contribution >= 4 is 5.97 Å². The summed E-state index contributed by atoms with van der Waals surface area (Å²) in [7, 11) is 0. The third kappa shape index (κ3) is 3.24. The molecule has 24 heavy (non-hydrogen) atoms. The van der Waals surface area contributed by atoms with Gasteiger partial charge in [-0.2, -0.15) is 0 Å². The highest BCUT2D eigenvalue weighted by atomic mass is 19.1. The molecular formula is C20H26F2O2. The summed E-state index contributed by atoms with van der Waals surface area (Å²) in [5.41, 5.74) is 1.21. The molecule has 0 saturated heterocycles. The Kier molecular flexibility index (Phi) is 5.46. The molecule has 0 N–H and O–H groups in total. The standard InChI is InChI=1S/C20H26F2O2/c1-6-9-15-18(20(15,4)5)19(23)24-11-14-12(7-2)16(21)10-17(22)13(14)8-3/h6,9-10,15,18H,7-8,11H2,1-5H3/t15-,18+/m1/s1. The lowest BCUT2D eigenvalue weighted by molar-refractivity contribution is -0.147. The molecule has 2 rings (SSSR count). The minimum Gasteiger partial charge on any atom is -0.461 e. The van der Waals surface area contributed by atoms with Crippen LogP contribution in [0.5, 0.6) is 0 Å². The van der Waals surface area contributed by atoms with Crippen LogP contribution in [0.25, 0.3) is 0 Å². The Morgan fingerprint density at radius 2 is 1.71 bits per heavy atom. The number of halogens is 2. The Labute approximate surface area is 142 Å². The van der Waals surface area contributed by atoms with Gasteiger partial charge in [0.15, 0.2) is 0 Å². The molecule has 1 aromatic carbocycles. The summed E-state index contributed by atoms with van der Waals surface area (Å²) >= 11 is 0. The normalized spacial score (nSPS) is 22.0. The van der Waals surface area contributed by atoms with Crippen LogP contribution < -0.4 is 0 Å². The van der Waals surface area contributed by atoms with Crippen molar-refractivity contribution in [1.82, 2.24) is 0 Å². The van der Waals surface area contributed by atoms with Crippen LogP contribution in [-0.2, 0) is 29.0 Å². The van der Waals surface area contributed by atoms with Crippen LogP contribution in [0.4, 0.5) is 8.78 Å². The summed E-state index contributed by atoms with van der Waals surface area (Å²) in [5, 5.41) is 0. The molecule has 2 nitrogen and oxygen atoms in total. The Hall–Kier alpha value is -1.71. The average molecular weight is 336 g/mol. The number of carbonyl (C=O) groups is 1. The lowest BCUT2D eigenvalue weighted by Crippen LogP contribution is -2.14. The molecule has 0 unspecified atom stereocenters. The van der Waals surface area contributed by atoms with Gasteiger partial charge in [-0.15, -0.1) is 0 Å². The molecule has 1 aliphatic carbocycles. The van der Waals surface area contributed by atoms with Crippen LogP contribution in [0, 0.1) is 28.9 Å². The topological polar surface area (TPSA) is 26.3 Å². The first-order valence-electron chi connectivity index (χ1n) is 8.57. The molecule has 0 heterocycles. The van der Waals surface area contributed by atoms with E-state index in [1.165, 1.54) is 0 Å². The first kappa shape index (κ1) is 18.6. The molecule has 1 saturated carbocycles. The van der Waals surface area contributed by atoms with Crippen molar-refractivity contribution < 1.29 is 18.3 Å². The van der Waals surface area contributed by atoms with Crippen LogP contribution in [0.2, 0.25) is 0 Å². The van der Waals surface area contributed by atoms with E-state index in [1.807, 2.05) is 46.8 Å². The van der Waals surface area contributed by atoms with Crippen LogP contribution in [0.15, 0.2) is 18.2 Å². The fraction of sp³-hybridized carbons (Fsp3) is 0.550. The van der Waals surface area contributed by atoms with Gasteiger partial charge in [0.05, 0.1) is 5.92 Å². The number of esters is 1. The van der Waals surface area contributed by atoms with Crippen LogP contribution in [0.1, 0.15) is 51.3 Å². The largest absolute Gasteiger partial charge is 0.461 e. The van der Waals surface area contributed by atoms with Crippen LogP contribution >= 0.6 is 0 Å². The molecule has 1 aromatic rings. The molecule has 1 fully saturated rings. The van der Waals surface area contributed by atoms with Crippen molar-refractivity contribution in [3.63, 3.8) is 0 Å². The highest BCUT2D eigenvalue weighted by Crippen LogP contribution is 2.59. The molecule has 0 aromatic heterocycles. The van der Waals surface area contributed by atoms with E-state index < -0.39 is 11.6 Å². The summed E-state index contributed by atoms with van der Waals surface area (Å²) in [6.45, 7) is 9.53. The number of rotatable bonds is 6. The quantitative estimate of drug-likeness (QED) is 0.541. The van der Waals surface area contributed by atoms with E-state index in [4.69, 9.17) is 4.74 Å². The first-order chi connectivity index (χ1) is 11.3. The summed E-state index contributed by atoms with van der Waals surface area (Å²) in [6.07, 6.45) is 4.82. The first-order valence-corrected chi connectivity index (χ1v) is 8.57. The number of hydrogen-bond donors (Lipinski definition) is 0. The lowest BCUT2D eigenvalue weighted by atomic mass is 9.97. The van der Waals surface area contributed by atoms with Gasteiger partial charge < -0.3 is 4.74 Å². The lowest BCUT2D eigenvalue weighted by Gasteiger charge is -2.15. The van der Waals surface area contributed by atoms with Gasteiger partial charge >= 0.3 is 5.97 Å². The van der Waals surface area contributed by atoms with Gasteiger partial charge in [-0.3, -0.25) is 4.79 Å². The van der Waals surface area contributed by atoms with Gasteiger partial charge in [0.25, 0.3) is 0 Å². The summed E-state index contributed by atoms with van der Waals surface area (Å²) < 4.78 is 33.5. The van der Waals surface area contributed by atoms with E-state index in [0.717, 1.165) is 6.07 Å². The van der Waals surface area contributed by atoms with Crippen molar-refractivity contribution in [1.29, 1.82) is 0 Å². The molecule has 0 radical (unpaired) electrons. The van der Waals surface area contributed by atoms with Crippen molar-refractivity contribution in [3.8, 4) is 0 Å². The molecule has 0 bridgehead atoms. The van der Waals surface area contributed by atoms with Crippen LogP contribution in [-0.4, -0.2) is 5.97 Å². The maximum absolute atomic E-state index is 14.0. The average Bonchev–Trinajstić information content (AvgIpc) is 3.06. The minimum absolute atomic E-state index is 0.0744. The molecular weight excluding hydrogens is 310 g/mol. The summed E-state index contributed by atoms with van der Waals surface area (Å²) in [5.74, 6) is -1.47. The number of benzene rings is 1.